The molecule has 0 saturated carbocycles. The van der Waals surface area contributed by atoms with Crippen LogP contribution in [-0.4, -0.2) is 23.0 Å². The van der Waals surface area contributed by atoms with Gasteiger partial charge in [-0.2, -0.15) is 0 Å². The summed E-state index contributed by atoms with van der Waals surface area (Å²) in [6, 6.07) is 6.32. The zero-order valence-corrected chi connectivity index (χ0v) is 11.1. The summed E-state index contributed by atoms with van der Waals surface area (Å²) in [7, 11) is 0. The lowest BCUT2D eigenvalue weighted by molar-refractivity contribution is -0.121. The van der Waals surface area contributed by atoms with Gasteiger partial charge in [-0.1, -0.05) is 25.5 Å². The first-order chi connectivity index (χ1) is 9.02. The van der Waals surface area contributed by atoms with Crippen LogP contribution in [0.1, 0.15) is 42.1 Å². The van der Waals surface area contributed by atoms with Crippen molar-refractivity contribution < 1.29 is 14.7 Å². The van der Waals surface area contributed by atoms with Crippen LogP contribution in [0.25, 0.3) is 0 Å². The van der Waals surface area contributed by atoms with E-state index in [1.165, 1.54) is 12.1 Å². The van der Waals surface area contributed by atoms with E-state index in [2.05, 4.69) is 5.32 Å². The van der Waals surface area contributed by atoms with Gasteiger partial charge in [-0.05, 0) is 24.1 Å². The molecule has 0 saturated heterocycles. The predicted octanol–water partition coefficient (Wildman–Crippen LogP) is 1.52. The van der Waals surface area contributed by atoms with Crippen molar-refractivity contribution in [2.75, 3.05) is 0 Å². The highest BCUT2D eigenvalue weighted by Gasteiger charge is 2.08. The molecule has 4 N–H and O–H groups in total. The Labute approximate surface area is 112 Å². The fourth-order valence-electron chi connectivity index (χ4n) is 1.75. The van der Waals surface area contributed by atoms with Gasteiger partial charge in [0.05, 0.1) is 5.56 Å². The molecule has 0 aliphatic rings. The third-order valence-corrected chi connectivity index (χ3v) is 2.80. The van der Waals surface area contributed by atoms with Gasteiger partial charge >= 0.3 is 5.97 Å². The minimum Gasteiger partial charge on any atom is -0.478 e. The lowest BCUT2D eigenvalue weighted by Gasteiger charge is -2.10. The Hall–Kier alpha value is -1.88. The van der Waals surface area contributed by atoms with Crippen molar-refractivity contribution in [2.24, 2.45) is 5.73 Å². The van der Waals surface area contributed by atoms with E-state index in [1.54, 1.807) is 12.1 Å². The van der Waals surface area contributed by atoms with Crippen molar-refractivity contribution in [2.45, 2.75) is 38.8 Å². The molecule has 1 amide bonds. The molecule has 0 aliphatic carbocycles. The van der Waals surface area contributed by atoms with Gasteiger partial charge in [0.15, 0.2) is 0 Å². The van der Waals surface area contributed by atoms with Crippen LogP contribution in [-0.2, 0) is 11.3 Å². The first-order valence-corrected chi connectivity index (χ1v) is 6.37. The quantitative estimate of drug-likeness (QED) is 0.696. The standard InChI is InChI=1S/C14H20N2O3/c1-2-3-12(15)8-13(17)16-9-10-4-6-11(7-5-10)14(18)19/h4-7,12H,2-3,8-9,15H2,1H3,(H,16,17)(H,18,19). The van der Waals surface area contributed by atoms with Crippen LogP contribution < -0.4 is 11.1 Å². The predicted molar refractivity (Wildman–Crippen MR) is 72.7 cm³/mol. The van der Waals surface area contributed by atoms with Gasteiger partial charge in [-0.3, -0.25) is 4.79 Å². The van der Waals surface area contributed by atoms with Crippen molar-refractivity contribution in [1.29, 1.82) is 0 Å². The van der Waals surface area contributed by atoms with Crippen LogP contribution in [0.15, 0.2) is 24.3 Å². The highest BCUT2D eigenvalue weighted by atomic mass is 16.4. The minimum absolute atomic E-state index is 0.0803. The molecule has 1 aromatic carbocycles. The fraction of sp³-hybridized carbons (Fsp3) is 0.429. The molecule has 5 heteroatoms. The van der Waals surface area contributed by atoms with E-state index in [-0.39, 0.29) is 17.5 Å². The van der Waals surface area contributed by atoms with Gasteiger partial charge in [0.1, 0.15) is 0 Å². The normalized spacial score (nSPS) is 11.9. The number of aromatic carboxylic acids is 1. The van der Waals surface area contributed by atoms with Gasteiger partial charge in [0.25, 0.3) is 0 Å². The van der Waals surface area contributed by atoms with Gasteiger partial charge < -0.3 is 16.2 Å². The highest BCUT2D eigenvalue weighted by molar-refractivity contribution is 5.87. The molecular weight excluding hydrogens is 244 g/mol. The van der Waals surface area contributed by atoms with Crippen LogP contribution >= 0.6 is 0 Å². The molecule has 1 rings (SSSR count). The summed E-state index contributed by atoms with van der Waals surface area (Å²) in [6.45, 7) is 2.42. The first-order valence-electron chi connectivity index (χ1n) is 6.37. The number of nitrogens with one attached hydrogen (secondary N) is 1. The Morgan fingerprint density at radius 3 is 2.47 bits per heavy atom. The number of amides is 1. The number of carboxylic acid groups (broad SMARTS) is 1. The Morgan fingerprint density at radius 2 is 1.95 bits per heavy atom. The molecule has 0 heterocycles. The lowest BCUT2D eigenvalue weighted by Crippen LogP contribution is -2.31. The Bertz CT molecular complexity index is 429. The molecule has 0 fully saturated rings. The van der Waals surface area contributed by atoms with Crippen LogP contribution in [0.5, 0.6) is 0 Å². The summed E-state index contributed by atoms with van der Waals surface area (Å²) in [4.78, 5) is 22.3. The van der Waals surface area contributed by atoms with Crippen LogP contribution in [0, 0.1) is 0 Å². The largest absolute Gasteiger partial charge is 0.478 e. The summed E-state index contributed by atoms with van der Waals surface area (Å²) in [6.07, 6.45) is 2.12. The molecule has 19 heavy (non-hydrogen) atoms. The zero-order valence-electron chi connectivity index (χ0n) is 11.1. The summed E-state index contributed by atoms with van der Waals surface area (Å²) in [5.74, 6) is -1.04. The van der Waals surface area contributed by atoms with E-state index in [0.717, 1.165) is 18.4 Å². The number of nitrogens with two attached hydrogens (primary N) is 1. The molecule has 0 spiro atoms. The third-order valence-electron chi connectivity index (χ3n) is 2.80. The second kappa shape index (κ2) is 7.53. The van der Waals surface area contributed by atoms with Crippen molar-refractivity contribution in [3.05, 3.63) is 35.4 Å². The van der Waals surface area contributed by atoms with E-state index in [0.29, 0.717) is 13.0 Å². The van der Waals surface area contributed by atoms with Gasteiger partial charge in [-0.15, -0.1) is 0 Å². The van der Waals surface area contributed by atoms with E-state index in [9.17, 15) is 9.59 Å². The monoisotopic (exact) mass is 264 g/mol. The molecule has 1 unspecified atom stereocenters. The number of carboxylic acids is 1. The van der Waals surface area contributed by atoms with Crippen molar-refractivity contribution in [1.82, 2.24) is 5.32 Å². The van der Waals surface area contributed by atoms with Crippen LogP contribution in [0.2, 0.25) is 0 Å². The molecule has 0 aliphatic heterocycles. The van der Waals surface area contributed by atoms with Gasteiger partial charge in [-0.25, -0.2) is 4.79 Å². The second-order valence-electron chi connectivity index (χ2n) is 4.53. The van der Waals surface area contributed by atoms with E-state index >= 15 is 0 Å². The number of hydrogen-bond donors (Lipinski definition) is 3. The SMILES string of the molecule is CCCC(N)CC(=O)NCc1ccc(C(=O)O)cc1. The van der Waals surface area contributed by atoms with Crippen molar-refractivity contribution in [3.63, 3.8) is 0 Å². The van der Waals surface area contributed by atoms with E-state index < -0.39 is 5.97 Å². The molecule has 0 aromatic heterocycles. The molecule has 104 valence electrons. The third kappa shape index (κ3) is 5.52. The summed E-state index contributed by atoms with van der Waals surface area (Å²) in [5.41, 5.74) is 6.88. The topological polar surface area (TPSA) is 92.4 Å². The van der Waals surface area contributed by atoms with Crippen molar-refractivity contribution in [3.8, 4) is 0 Å². The number of benzene rings is 1. The number of hydrogen-bond acceptors (Lipinski definition) is 3. The summed E-state index contributed by atoms with van der Waals surface area (Å²) in [5, 5.41) is 11.5. The maximum atomic E-state index is 11.6. The summed E-state index contributed by atoms with van der Waals surface area (Å²) < 4.78 is 0. The first kappa shape index (κ1) is 15.2. The van der Waals surface area contributed by atoms with E-state index in [1.807, 2.05) is 6.92 Å². The second-order valence-corrected chi connectivity index (χ2v) is 4.53. The van der Waals surface area contributed by atoms with Crippen LogP contribution in [0.4, 0.5) is 0 Å². The molecule has 1 atom stereocenters. The van der Waals surface area contributed by atoms with E-state index in [4.69, 9.17) is 10.8 Å². The van der Waals surface area contributed by atoms with Crippen LogP contribution in [0.3, 0.4) is 0 Å². The molecular formula is C14H20N2O3. The van der Waals surface area contributed by atoms with Gasteiger partial charge in [0.2, 0.25) is 5.91 Å². The highest BCUT2D eigenvalue weighted by Crippen LogP contribution is 2.05. The molecule has 0 bridgehead atoms. The maximum Gasteiger partial charge on any atom is 0.335 e. The Balaban J connectivity index is 2.39. The number of carbonyl (C=O) groups excluding carboxylic acids is 1. The lowest BCUT2D eigenvalue weighted by atomic mass is 10.1. The molecule has 1 aromatic rings. The Morgan fingerprint density at radius 1 is 1.32 bits per heavy atom. The smallest absolute Gasteiger partial charge is 0.335 e. The molecule has 5 nitrogen and oxygen atoms in total. The maximum absolute atomic E-state index is 11.6. The number of carbonyl (C=O) groups is 2. The van der Waals surface area contributed by atoms with Crippen molar-refractivity contribution >= 4 is 11.9 Å². The number of rotatable bonds is 7. The Kier molecular flexibility index (Phi) is 6.02. The molecule has 0 radical (unpaired) electrons. The zero-order chi connectivity index (χ0) is 14.3. The van der Waals surface area contributed by atoms with Gasteiger partial charge in [0, 0.05) is 19.0 Å². The average Bonchev–Trinajstić information content (AvgIpc) is 2.37. The minimum atomic E-state index is -0.957. The fourth-order valence-corrected chi connectivity index (χ4v) is 1.75. The average molecular weight is 264 g/mol. The summed E-state index contributed by atoms with van der Waals surface area (Å²) >= 11 is 0.